The van der Waals surface area contributed by atoms with E-state index in [-0.39, 0.29) is 47.6 Å². The number of methoxy groups -OCH3 is 2. The van der Waals surface area contributed by atoms with E-state index in [0.29, 0.717) is 43.4 Å². The van der Waals surface area contributed by atoms with E-state index in [2.05, 4.69) is 57.0 Å². The Bertz CT molecular complexity index is 2320. The highest BCUT2D eigenvalue weighted by Crippen LogP contribution is 2.53. The number of carbonyl (C=O) groups is 5. The zero-order valence-corrected chi connectivity index (χ0v) is 35.7. The number of likely N-dealkylation sites (tertiary alicyclic amines) is 2. The molecule has 0 bridgehead atoms. The van der Waals surface area contributed by atoms with Gasteiger partial charge in [0.25, 0.3) is 0 Å². The highest BCUT2D eigenvalue weighted by atomic mass is 16.5. The molecule has 6 unspecified atom stereocenters. The molecule has 4 aliphatic rings. The highest BCUT2D eigenvalue weighted by Gasteiger charge is 2.44. The van der Waals surface area contributed by atoms with Crippen molar-refractivity contribution in [3.63, 3.8) is 0 Å². The standard InChI is InChI=1S/C46H56N8O7/c1-24(2)39(51-45(58)60-5)43(56)53-17-7-9-36(53)41-47-22-34(49-41)27-13-11-26(12-14-27)30-15-16-31(33-20-28-19-29(55)21-32(28)38(30)33)35-23-48-42(50-35)37-10-8-18-54(37)44(57)40(25(3)4)52-46(59)61-6/h11-16,22-25,28,32,36-37,39-40H,7-10,17-21H2,1-6H3,(H,47,49)(H,48,50)(H,51,58)(H,52,59). The summed E-state index contributed by atoms with van der Waals surface area (Å²) in [5.74, 6) is 1.57. The molecule has 0 spiro atoms. The van der Waals surface area contributed by atoms with E-state index < -0.39 is 24.3 Å². The van der Waals surface area contributed by atoms with Crippen LogP contribution in [0, 0.1) is 17.8 Å². The van der Waals surface area contributed by atoms with Crippen molar-refractivity contribution in [2.45, 2.75) is 103 Å². The summed E-state index contributed by atoms with van der Waals surface area (Å²) in [5.41, 5.74) is 8.36. The molecule has 61 heavy (non-hydrogen) atoms. The second-order valence-electron chi connectivity index (χ2n) is 17.6. The lowest BCUT2D eigenvalue weighted by molar-refractivity contribution is -0.136. The lowest BCUT2D eigenvalue weighted by atomic mass is 9.87. The number of hydrogen-bond donors (Lipinski definition) is 4. The molecule has 15 heteroatoms. The second-order valence-corrected chi connectivity index (χ2v) is 17.6. The minimum Gasteiger partial charge on any atom is -0.453 e. The van der Waals surface area contributed by atoms with Crippen LogP contribution in [0.5, 0.6) is 0 Å². The fourth-order valence-corrected chi connectivity index (χ4v) is 10.1. The predicted octanol–water partition coefficient (Wildman–Crippen LogP) is 6.84. The number of rotatable bonds is 11. The summed E-state index contributed by atoms with van der Waals surface area (Å²) in [7, 11) is 2.58. The van der Waals surface area contributed by atoms with Gasteiger partial charge in [0.05, 0.1) is 50.1 Å². The molecule has 1 saturated carbocycles. The van der Waals surface area contributed by atoms with E-state index in [1.54, 1.807) is 6.20 Å². The van der Waals surface area contributed by atoms with Gasteiger partial charge in [0.2, 0.25) is 11.8 Å². The summed E-state index contributed by atoms with van der Waals surface area (Å²) < 4.78 is 9.58. The average molecular weight is 833 g/mol. The second kappa shape index (κ2) is 17.2. The number of H-pyrrole nitrogens is 2. The number of ether oxygens (including phenoxy) is 2. The number of alkyl carbamates (subject to hydrolysis) is 2. The summed E-state index contributed by atoms with van der Waals surface area (Å²) in [5, 5.41) is 5.42. The van der Waals surface area contributed by atoms with Crippen LogP contribution in [0.4, 0.5) is 9.59 Å². The van der Waals surface area contributed by atoms with Crippen LogP contribution in [-0.4, -0.2) is 98.9 Å². The largest absolute Gasteiger partial charge is 0.453 e. The SMILES string of the molecule is COC(=O)NC(C(=O)N1CCCC1c1ncc(-c2ccc(-c3ccc(-c4cnc(C5CCCN5C(=O)C(NC(=O)OC)C(C)C)[nH]4)c4c3C3CC(=O)CC3C4)cc2)[nH]1)C(C)C. The molecule has 2 saturated heterocycles. The maximum Gasteiger partial charge on any atom is 0.407 e. The van der Waals surface area contributed by atoms with Crippen LogP contribution in [0.1, 0.15) is 107 Å². The van der Waals surface area contributed by atoms with Gasteiger partial charge in [-0.2, -0.15) is 0 Å². The Labute approximate surface area is 355 Å². The molecule has 4 heterocycles. The Kier molecular flexibility index (Phi) is 11.7. The summed E-state index contributed by atoms with van der Waals surface area (Å²) >= 11 is 0. The van der Waals surface area contributed by atoms with Gasteiger partial charge < -0.3 is 39.9 Å². The van der Waals surface area contributed by atoms with E-state index in [0.717, 1.165) is 65.7 Å². The highest BCUT2D eigenvalue weighted by molar-refractivity contribution is 5.88. The van der Waals surface area contributed by atoms with Crippen molar-refractivity contribution in [2.75, 3.05) is 27.3 Å². The summed E-state index contributed by atoms with van der Waals surface area (Å²) in [6, 6.07) is 10.8. The Balaban J connectivity index is 1.04. The van der Waals surface area contributed by atoms with Crippen molar-refractivity contribution < 1.29 is 33.4 Å². The molecule has 0 radical (unpaired) electrons. The number of aromatic nitrogens is 4. The number of hydrogen-bond acceptors (Lipinski definition) is 9. The van der Waals surface area contributed by atoms with Gasteiger partial charge in [-0.05, 0) is 83.6 Å². The monoisotopic (exact) mass is 832 g/mol. The first kappa shape index (κ1) is 41.7. The van der Waals surface area contributed by atoms with Crippen molar-refractivity contribution in [1.29, 1.82) is 0 Å². The average Bonchev–Trinajstić information content (AvgIpc) is 4.11. The van der Waals surface area contributed by atoms with Crippen LogP contribution in [0.2, 0.25) is 0 Å². The van der Waals surface area contributed by atoms with Crippen LogP contribution < -0.4 is 10.6 Å². The lowest BCUT2D eigenvalue weighted by Gasteiger charge is -2.30. The Morgan fingerprint density at radius 2 is 1.20 bits per heavy atom. The van der Waals surface area contributed by atoms with Crippen molar-refractivity contribution in [2.24, 2.45) is 17.8 Å². The van der Waals surface area contributed by atoms with Gasteiger partial charge in [0, 0.05) is 31.5 Å². The van der Waals surface area contributed by atoms with Crippen LogP contribution in [0.15, 0.2) is 48.8 Å². The number of benzene rings is 2. The zero-order chi connectivity index (χ0) is 43.1. The van der Waals surface area contributed by atoms with Crippen LogP contribution in [-0.2, 0) is 30.3 Å². The number of nitrogens with zero attached hydrogens (tertiary/aromatic N) is 4. The molecule has 3 fully saturated rings. The first-order valence-electron chi connectivity index (χ1n) is 21.5. The van der Waals surface area contributed by atoms with Crippen molar-refractivity contribution in [1.82, 2.24) is 40.4 Å². The van der Waals surface area contributed by atoms with E-state index >= 15 is 0 Å². The number of ketones is 1. The first-order valence-corrected chi connectivity index (χ1v) is 21.5. The molecule has 2 aliphatic heterocycles. The number of Topliss-reactive ketones (excluding diaryl/α,β-unsaturated/α-hetero) is 1. The van der Waals surface area contributed by atoms with Crippen molar-refractivity contribution in [3.8, 4) is 33.6 Å². The maximum atomic E-state index is 13.8. The van der Waals surface area contributed by atoms with Gasteiger partial charge in [0.1, 0.15) is 29.5 Å². The topological polar surface area (TPSA) is 192 Å². The molecule has 2 aromatic carbocycles. The fourth-order valence-electron chi connectivity index (χ4n) is 10.1. The third kappa shape index (κ3) is 8.02. The van der Waals surface area contributed by atoms with Gasteiger partial charge in [-0.15, -0.1) is 0 Å². The van der Waals surface area contributed by atoms with Crippen molar-refractivity contribution in [3.05, 3.63) is 71.6 Å². The molecule has 15 nitrogen and oxygen atoms in total. The van der Waals surface area contributed by atoms with E-state index in [1.807, 2.05) is 43.7 Å². The number of fused-ring (bicyclic) bond motifs is 3. The normalized spacial score (nSPS) is 21.7. The Hall–Kier alpha value is -5.99. The molecule has 4 aromatic rings. The molecule has 8 rings (SSSR count). The Morgan fingerprint density at radius 1 is 0.689 bits per heavy atom. The molecule has 6 atom stereocenters. The smallest absolute Gasteiger partial charge is 0.407 e. The van der Waals surface area contributed by atoms with Gasteiger partial charge in [-0.25, -0.2) is 19.6 Å². The van der Waals surface area contributed by atoms with Gasteiger partial charge in [0.15, 0.2) is 0 Å². The van der Waals surface area contributed by atoms with Gasteiger partial charge in [-0.3, -0.25) is 14.4 Å². The lowest BCUT2D eigenvalue weighted by Crippen LogP contribution is -2.51. The van der Waals surface area contributed by atoms with Gasteiger partial charge in [-0.1, -0.05) is 64.1 Å². The quantitative estimate of drug-likeness (QED) is 0.125. The number of aromatic amines is 2. The molecule has 4 amide bonds. The van der Waals surface area contributed by atoms with E-state index in [4.69, 9.17) is 19.4 Å². The predicted molar refractivity (Wildman–Crippen MR) is 227 cm³/mol. The van der Waals surface area contributed by atoms with Crippen molar-refractivity contribution >= 4 is 29.8 Å². The van der Waals surface area contributed by atoms with E-state index in [9.17, 15) is 24.0 Å². The van der Waals surface area contributed by atoms with Crippen LogP contribution in [0.25, 0.3) is 33.6 Å². The van der Waals surface area contributed by atoms with Crippen LogP contribution in [0.3, 0.4) is 0 Å². The molecule has 4 N–H and O–H groups in total. The number of amides is 4. The number of carbonyl (C=O) groups excluding carboxylic acids is 5. The van der Waals surface area contributed by atoms with E-state index in [1.165, 1.54) is 25.3 Å². The van der Waals surface area contributed by atoms with Crippen LogP contribution >= 0.6 is 0 Å². The summed E-state index contributed by atoms with van der Waals surface area (Å²) in [4.78, 5) is 84.6. The summed E-state index contributed by atoms with van der Waals surface area (Å²) in [6.45, 7) is 8.75. The molecule has 2 aromatic heterocycles. The number of nitrogens with one attached hydrogen (secondary N) is 4. The third-order valence-electron chi connectivity index (χ3n) is 13.2. The Morgan fingerprint density at radius 3 is 1.74 bits per heavy atom. The first-order chi connectivity index (χ1) is 29.4. The molecular formula is C46H56N8O7. The zero-order valence-electron chi connectivity index (χ0n) is 35.7. The molecule has 2 aliphatic carbocycles. The minimum absolute atomic E-state index is 0.121. The van der Waals surface area contributed by atoms with Gasteiger partial charge >= 0.3 is 12.2 Å². The number of imidazole rings is 2. The summed E-state index contributed by atoms with van der Waals surface area (Å²) in [6.07, 6.45) is 7.49. The third-order valence-corrected chi connectivity index (χ3v) is 13.2. The minimum atomic E-state index is -0.714. The molecule has 322 valence electrons. The maximum absolute atomic E-state index is 13.8. The fraction of sp³-hybridized carbons (Fsp3) is 0.500. The molecular weight excluding hydrogens is 777 g/mol.